The fourth-order valence-corrected chi connectivity index (χ4v) is 3.11. The van der Waals surface area contributed by atoms with Crippen molar-refractivity contribution in [2.75, 3.05) is 6.67 Å². The van der Waals surface area contributed by atoms with Crippen LogP contribution in [0.3, 0.4) is 0 Å². The van der Waals surface area contributed by atoms with Crippen molar-refractivity contribution in [3.63, 3.8) is 0 Å². The van der Waals surface area contributed by atoms with Gasteiger partial charge in [0.2, 0.25) is 0 Å². The zero-order valence-corrected chi connectivity index (χ0v) is 16.1. The van der Waals surface area contributed by atoms with Gasteiger partial charge in [-0.3, -0.25) is 9.59 Å². The molecular weight excluding hydrogens is 413 g/mol. The van der Waals surface area contributed by atoms with E-state index in [1.54, 1.807) is 48.5 Å². The number of imide groups is 1. The minimum absolute atomic E-state index is 0.432. The second kappa shape index (κ2) is 7.38. The number of rotatable bonds is 4. The lowest BCUT2D eigenvalue weighted by Gasteiger charge is -2.28. The molecule has 0 unspecified atom stereocenters. The van der Waals surface area contributed by atoms with Crippen LogP contribution in [-0.2, 0) is 15.1 Å². The molecule has 0 spiro atoms. The number of carbonyl (C=O) groups excluding carboxylic acids is 3. The molecule has 140 valence electrons. The molecule has 1 aliphatic heterocycles. The Morgan fingerprint density at radius 1 is 0.963 bits per heavy atom. The van der Waals surface area contributed by atoms with Crippen LogP contribution in [0.25, 0.3) is 0 Å². The van der Waals surface area contributed by atoms with Crippen LogP contribution in [0.2, 0.25) is 0 Å². The monoisotopic (exact) mass is 425 g/mol. The van der Waals surface area contributed by atoms with Crippen LogP contribution in [0, 0.1) is 0 Å². The van der Waals surface area contributed by atoms with Gasteiger partial charge in [-0.25, -0.2) is 9.69 Å². The summed E-state index contributed by atoms with van der Waals surface area (Å²) in [5, 5.41) is 5.03. The van der Waals surface area contributed by atoms with Crippen molar-refractivity contribution in [2.45, 2.75) is 9.33 Å². The molecule has 2 aromatic carbocycles. The van der Waals surface area contributed by atoms with E-state index in [-0.39, 0.29) is 0 Å². The van der Waals surface area contributed by atoms with Crippen molar-refractivity contribution in [1.82, 2.24) is 15.5 Å². The molecule has 0 aromatic heterocycles. The number of carbonyl (C=O) groups is 3. The molecule has 1 fully saturated rings. The highest BCUT2D eigenvalue weighted by atomic mass is 35.6. The fraction of sp³-hybridized carbons (Fsp3) is 0.167. The molecule has 1 aliphatic rings. The number of halogens is 3. The first kappa shape index (κ1) is 19.5. The SMILES string of the molecule is O=C1NC(c2ccccc2)(c2ccccc2)C(=O)N1CNC(=O)C(Cl)(Cl)Cl. The molecule has 0 saturated carbocycles. The minimum Gasteiger partial charge on any atom is -0.334 e. The summed E-state index contributed by atoms with van der Waals surface area (Å²) in [5.74, 6) is -1.49. The zero-order valence-electron chi connectivity index (χ0n) is 13.8. The summed E-state index contributed by atoms with van der Waals surface area (Å²) in [6.45, 7) is -0.432. The third-order valence-corrected chi connectivity index (χ3v) is 4.69. The lowest BCUT2D eigenvalue weighted by molar-refractivity contribution is -0.131. The fourth-order valence-electron chi connectivity index (χ4n) is 2.90. The summed E-state index contributed by atoms with van der Waals surface area (Å²) < 4.78 is -2.20. The molecule has 1 saturated heterocycles. The normalized spacial score (nSPS) is 16.2. The van der Waals surface area contributed by atoms with Crippen LogP contribution in [0.1, 0.15) is 11.1 Å². The predicted molar refractivity (Wildman–Crippen MR) is 102 cm³/mol. The standard InChI is InChI=1S/C18H14Cl3N3O3/c19-18(20,21)14(25)22-11-24-15(26)17(23-16(24)27,12-7-3-1-4-8-12)13-9-5-2-6-10-13/h1-10H,11H2,(H,22,25)(H,23,27). The molecule has 6 nitrogen and oxygen atoms in total. The lowest BCUT2D eigenvalue weighted by atomic mass is 9.83. The number of hydrogen-bond acceptors (Lipinski definition) is 3. The van der Waals surface area contributed by atoms with Crippen LogP contribution in [0.15, 0.2) is 60.7 Å². The quantitative estimate of drug-likeness (QED) is 0.583. The zero-order chi connectivity index (χ0) is 19.7. The first-order valence-corrected chi connectivity index (χ1v) is 9.00. The Morgan fingerprint density at radius 2 is 1.44 bits per heavy atom. The summed E-state index contributed by atoms with van der Waals surface area (Å²) in [5.41, 5.74) is -0.237. The largest absolute Gasteiger partial charge is 0.334 e. The number of amides is 4. The smallest absolute Gasteiger partial charge is 0.327 e. The van der Waals surface area contributed by atoms with Crippen molar-refractivity contribution >= 4 is 52.6 Å². The van der Waals surface area contributed by atoms with E-state index >= 15 is 0 Å². The number of urea groups is 1. The van der Waals surface area contributed by atoms with E-state index in [4.69, 9.17) is 34.8 Å². The number of nitrogens with one attached hydrogen (secondary N) is 2. The second-order valence-electron chi connectivity index (χ2n) is 5.81. The molecule has 2 aromatic rings. The molecule has 4 amide bonds. The Bertz CT molecular complexity index is 830. The highest BCUT2D eigenvalue weighted by molar-refractivity contribution is 6.76. The van der Waals surface area contributed by atoms with Gasteiger partial charge in [0.05, 0.1) is 0 Å². The van der Waals surface area contributed by atoms with Crippen molar-refractivity contribution in [3.05, 3.63) is 71.8 Å². The molecule has 0 atom stereocenters. The Morgan fingerprint density at radius 3 is 1.89 bits per heavy atom. The van der Waals surface area contributed by atoms with E-state index in [9.17, 15) is 14.4 Å². The van der Waals surface area contributed by atoms with Crippen molar-refractivity contribution in [1.29, 1.82) is 0 Å². The van der Waals surface area contributed by atoms with Crippen molar-refractivity contribution < 1.29 is 14.4 Å². The van der Waals surface area contributed by atoms with E-state index in [0.717, 1.165) is 4.90 Å². The number of hydrogen-bond donors (Lipinski definition) is 2. The average Bonchev–Trinajstić information content (AvgIpc) is 2.91. The molecular formula is C18H14Cl3N3O3. The van der Waals surface area contributed by atoms with E-state index in [2.05, 4.69) is 10.6 Å². The predicted octanol–water partition coefficient (Wildman–Crippen LogP) is 2.93. The van der Waals surface area contributed by atoms with Gasteiger partial charge in [-0.2, -0.15) is 0 Å². The minimum atomic E-state index is -2.20. The van der Waals surface area contributed by atoms with Crippen LogP contribution in [-0.4, -0.2) is 33.2 Å². The van der Waals surface area contributed by atoms with Crippen molar-refractivity contribution in [2.24, 2.45) is 0 Å². The van der Waals surface area contributed by atoms with Crippen molar-refractivity contribution in [3.8, 4) is 0 Å². The number of nitrogens with zero attached hydrogens (tertiary/aromatic N) is 1. The van der Waals surface area contributed by atoms with Gasteiger partial charge >= 0.3 is 6.03 Å². The average molecular weight is 427 g/mol. The Balaban J connectivity index is 1.98. The van der Waals surface area contributed by atoms with E-state index in [0.29, 0.717) is 11.1 Å². The summed E-state index contributed by atoms with van der Waals surface area (Å²) in [4.78, 5) is 38.5. The van der Waals surface area contributed by atoms with E-state index < -0.39 is 33.8 Å². The van der Waals surface area contributed by atoms with Gasteiger partial charge in [-0.1, -0.05) is 95.5 Å². The number of alkyl halides is 3. The summed E-state index contributed by atoms with van der Waals surface area (Å²) in [7, 11) is 0. The first-order chi connectivity index (χ1) is 12.8. The summed E-state index contributed by atoms with van der Waals surface area (Å²) in [6, 6.07) is 17.0. The van der Waals surface area contributed by atoms with Gasteiger partial charge < -0.3 is 10.6 Å². The Kier molecular flexibility index (Phi) is 5.33. The van der Waals surface area contributed by atoms with Gasteiger partial charge in [0.1, 0.15) is 6.67 Å². The highest BCUT2D eigenvalue weighted by Crippen LogP contribution is 2.35. The van der Waals surface area contributed by atoms with Gasteiger partial charge in [0.25, 0.3) is 15.6 Å². The Hall–Kier alpha value is -2.28. The summed E-state index contributed by atoms with van der Waals surface area (Å²) >= 11 is 16.5. The molecule has 3 rings (SSSR count). The van der Waals surface area contributed by atoms with E-state index in [1.807, 2.05) is 12.1 Å². The van der Waals surface area contributed by atoms with E-state index in [1.165, 1.54) is 0 Å². The van der Waals surface area contributed by atoms with Gasteiger partial charge in [0.15, 0.2) is 5.54 Å². The van der Waals surface area contributed by atoms with Crippen LogP contribution < -0.4 is 10.6 Å². The molecule has 27 heavy (non-hydrogen) atoms. The molecule has 1 heterocycles. The third kappa shape index (κ3) is 3.60. The maximum atomic E-state index is 13.3. The molecule has 0 radical (unpaired) electrons. The highest BCUT2D eigenvalue weighted by Gasteiger charge is 2.53. The van der Waals surface area contributed by atoms with Gasteiger partial charge in [0, 0.05) is 0 Å². The second-order valence-corrected chi connectivity index (χ2v) is 8.09. The maximum Gasteiger partial charge on any atom is 0.327 e. The Labute approximate surface area is 170 Å². The molecule has 0 aliphatic carbocycles. The van der Waals surface area contributed by atoms with Gasteiger partial charge in [-0.15, -0.1) is 0 Å². The van der Waals surface area contributed by atoms with Gasteiger partial charge in [-0.05, 0) is 11.1 Å². The molecule has 2 N–H and O–H groups in total. The molecule has 9 heteroatoms. The van der Waals surface area contributed by atoms with Crippen LogP contribution in [0.5, 0.6) is 0 Å². The van der Waals surface area contributed by atoms with Crippen LogP contribution in [0.4, 0.5) is 4.79 Å². The molecule has 0 bridgehead atoms. The first-order valence-electron chi connectivity index (χ1n) is 7.87. The number of benzene rings is 2. The lowest BCUT2D eigenvalue weighted by Crippen LogP contribution is -2.47. The third-order valence-electron chi connectivity index (χ3n) is 4.17. The maximum absolute atomic E-state index is 13.3. The van der Waals surface area contributed by atoms with Crippen LogP contribution >= 0.6 is 34.8 Å². The summed E-state index contributed by atoms with van der Waals surface area (Å²) in [6.07, 6.45) is 0. The topological polar surface area (TPSA) is 78.5 Å².